The Morgan fingerprint density at radius 3 is 2.84 bits per heavy atom. The number of thiazole rings is 1. The van der Waals surface area contributed by atoms with Gasteiger partial charge in [-0.05, 0) is 45.5 Å². The predicted octanol–water partition coefficient (Wildman–Crippen LogP) is 3.72. The Morgan fingerprint density at radius 2 is 2.26 bits per heavy atom. The van der Waals surface area contributed by atoms with E-state index >= 15 is 0 Å². The molecular weight excluding hydrogens is 358 g/mol. The van der Waals surface area contributed by atoms with E-state index in [1.54, 1.807) is 18.2 Å². The maximum Gasteiger partial charge on any atom is 0.345 e. The van der Waals surface area contributed by atoms with Gasteiger partial charge in [0.2, 0.25) is 0 Å². The van der Waals surface area contributed by atoms with Crippen molar-refractivity contribution in [3.8, 4) is 0 Å². The summed E-state index contributed by atoms with van der Waals surface area (Å²) in [5, 5.41) is 13.5. The number of aromatic nitrogens is 1. The number of nitro groups is 1. The summed E-state index contributed by atoms with van der Waals surface area (Å²) in [5.74, 6) is -0.423. The number of nitrogens with zero attached hydrogens (tertiary/aromatic N) is 2. The summed E-state index contributed by atoms with van der Waals surface area (Å²) in [4.78, 5) is 25.6. The summed E-state index contributed by atoms with van der Waals surface area (Å²) in [6, 6.07) is 4.70. The number of nitrogens with one attached hydrogen (secondary N) is 1. The van der Waals surface area contributed by atoms with Crippen molar-refractivity contribution in [3.63, 3.8) is 0 Å². The largest absolute Gasteiger partial charge is 0.345 e. The normalized spacial score (nSPS) is 10.2. The van der Waals surface area contributed by atoms with Gasteiger partial charge in [-0.15, -0.1) is 0 Å². The van der Waals surface area contributed by atoms with Crippen LogP contribution in [0, 0.1) is 10.1 Å². The van der Waals surface area contributed by atoms with Crippen LogP contribution in [-0.2, 0) is 0 Å². The van der Waals surface area contributed by atoms with Crippen molar-refractivity contribution in [2.45, 2.75) is 0 Å². The van der Waals surface area contributed by atoms with Gasteiger partial charge in [0.15, 0.2) is 5.13 Å². The van der Waals surface area contributed by atoms with Gasteiger partial charge in [0.05, 0.1) is 10.5 Å². The van der Waals surface area contributed by atoms with Crippen LogP contribution in [0.3, 0.4) is 0 Å². The number of benzene rings is 1. The topological polar surface area (TPSA) is 85.1 Å². The summed E-state index contributed by atoms with van der Waals surface area (Å²) in [5.41, 5.74) is 0.363. The molecule has 0 radical (unpaired) electrons. The monoisotopic (exact) mass is 361 g/mol. The maximum absolute atomic E-state index is 11.9. The van der Waals surface area contributed by atoms with Gasteiger partial charge < -0.3 is 0 Å². The fraction of sp³-hybridized carbons (Fsp3) is 0. The molecule has 0 fully saturated rings. The SMILES string of the molecule is O=C(Nc1ncc([N+](=O)[O-])s1)c1ccc(Cl)cc1Br. The molecule has 0 saturated heterocycles. The van der Waals surface area contributed by atoms with Crippen LogP contribution >= 0.6 is 38.9 Å². The van der Waals surface area contributed by atoms with Crippen molar-refractivity contribution in [3.05, 3.63) is 49.6 Å². The Bertz CT molecular complexity index is 661. The second-order valence-corrected chi connectivity index (χ2v) is 5.64. The molecule has 2 rings (SSSR count). The average molecular weight is 363 g/mol. The number of rotatable bonds is 3. The van der Waals surface area contributed by atoms with Crippen molar-refractivity contribution >= 4 is 54.9 Å². The maximum atomic E-state index is 11.9. The quantitative estimate of drug-likeness (QED) is 0.666. The van der Waals surface area contributed by atoms with E-state index in [9.17, 15) is 14.9 Å². The third-order valence-corrected chi connectivity index (χ3v) is 3.83. The van der Waals surface area contributed by atoms with Crippen LogP contribution in [-0.4, -0.2) is 15.8 Å². The molecule has 6 nitrogen and oxygen atoms in total. The number of anilines is 1. The minimum atomic E-state index is -0.564. The van der Waals surface area contributed by atoms with Crippen molar-refractivity contribution in [1.82, 2.24) is 4.98 Å². The lowest BCUT2D eigenvalue weighted by Crippen LogP contribution is -2.12. The zero-order chi connectivity index (χ0) is 14.0. The molecule has 0 aliphatic heterocycles. The molecule has 19 heavy (non-hydrogen) atoms. The Balaban J connectivity index is 2.18. The molecular formula is C10H5BrClN3O3S. The van der Waals surface area contributed by atoms with E-state index < -0.39 is 10.8 Å². The fourth-order valence-electron chi connectivity index (χ4n) is 1.25. The lowest BCUT2D eigenvalue weighted by atomic mass is 10.2. The first-order valence-corrected chi connectivity index (χ1v) is 6.83. The van der Waals surface area contributed by atoms with Crippen LogP contribution in [0.1, 0.15) is 10.4 Å². The van der Waals surface area contributed by atoms with Gasteiger partial charge in [0, 0.05) is 9.50 Å². The number of halogens is 2. The highest BCUT2D eigenvalue weighted by Crippen LogP contribution is 2.27. The number of hydrogen-bond donors (Lipinski definition) is 1. The van der Waals surface area contributed by atoms with Gasteiger partial charge in [-0.2, -0.15) is 0 Å². The second kappa shape index (κ2) is 5.64. The molecule has 0 unspecified atom stereocenters. The predicted molar refractivity (Wildman–Crippen MR) is 75.9 cm³/mol. The zero-order valence-electron chi connectivity index (χ0n) is 9.09. The molecule has 1 N–H and O–H groups in total. The first kappa shape index (κ1) is 13.9. The number of hydrogen-bond acceptors (Lipinski definition) is 5. The highest BCUT2D eigenvalue weighted by atomic mass is 79.9. The molecule has 0 spiro atoms. The first-order chi connectivity index (χ1) is 8.97. The highest BCUT2D eigenvalue weighted by Gasteiger charge is 2.16. The molecule has 0 bridgehead atoms. The van der Waals surface area contributed by atoms with Crippen molar-refractivity contribution in [2.24, 2.45) is 0 Å². The fourth-order valence-corrected chi connectivity index (χ4v) is 2.74. The van der Waals surface area contributed by atoms with Crippen LogP contribution in [0.25, 0.3) is 0 Å². The minimum Gasteiger partial charge on any atom is -0.298 e. The van der Waals surface area contributed by atoms with Gasteiger partial charge >= 0.3 is 5.00 Å². The molecule has 0 aliphatic rings. The molecule has 1 amide bonds. The van der Waals surface area contributed by atoms with Crippen LogP contribution in [0.2, 0.25) is 5.02 Å². The molecule has 98 valence electrons. The molecule has 9 heteroatoms. The van der Waals surface area contributed by atoms with Gasteiger partial charge in [-0.25, -0.2) is 4.98 Å². The molecule has 1 aromatic carbocycles. The van der Waals surface area contributed by atoms with E-state index in [1.807, 2.05) is 0 Å². The Labute approximate surface area is 124 Å². The third-order valence-electron chi connectivity index (χ3n) is 2.07. The summed E-state index contributed by atoms with van der Waals surface area (Å²) in [6.45, 7) is 0. The lowest BCUT2D eigenvalue weighted by Gasteiger charge is -2.04. The molecule has 0 atom stereocenters. The van der Waals surface area contributed by atoms with Crippen molar-refractivity contribution in [1.29, 1.82) is 0 Å². The van der Waals surface area contributed by atoms with E-state index in [2.05, 4.69) is 26.2 Å². The zero-order valence-corrected chi connectivity index (χ0v) is 12.3. The van der Waals surface area contributed by atoms with Crippen LogP contribution in [0.15, 0.2) is 28.9 Å². The molecule has 0 saturated carbocycles. The smallest absolute Gasteiger partial charge is 0.298 e. The number of carbonyl (C=O) groups excluding carboxylic acids is 1. The Hall–Kier alpha value is -1.51. The van der Waals surface area contributed by atoms with Gasteiger partial charge in [0.1, 0.15) is 6.20 Å². The van der Waals surface area contributed by atoms with E-state index in [-0.39, 0.29) is 10.1 Å². The van der Waals surface area contributed by atoms with Gasteiger partial charge in [-0.3, -0.25) is 20.2 Å². The summed E-state index contributed by atoms with van der Waals surface area (Å²) in [6.07, 6.45) is 1.09. The lowest BCUT2D eigenvalue weighted by molar-refractivity contribution is -0.380. The van der Waals surface area contributed by atoms with E-state index in [0.717, 1.165) is 17.5 Å². The molecule has 0 aliphatic carbocycles. The molecule has 1 aromatic heterocycles. The van der Waals surface area contributed by atoms with Crippen LogP contribution in [0.4, 0.5) is 10.1 Å². The Kier molecular flexibility index (Phi) is 4.13. The van der Waals surface area contributed by atoms with E-state index in [1.165, 1.54) is 0 Å². The highest BCUT2D eigenvalue weighted by molar-refractivity contribution is 9.10. The molecule has 2 aromatic rings. The van der Waals surface area contributed by atoms with Crippen molar-refractivity contribution < 1.29 is 9.72 Å². The molecule has 1 heterocycles. The van der Waals surface area contributed by atoms with Gasteiger partial charge in [-0.1, -0.05) is 11.6 Å². The average Bonchev–Trinajstić information content (AvgIpc) is 2.77. The third kappa shape index (κ3) is 3.28. The van der Waals surface area contributed by atoms with E-state index in [4.69, 9.17) is 11.6 Å². The number of carbonyl (C=O) groups is 1. The summed E-state index contributed by atoms with van der Waals surface area (Å²) >= 11 is 9.78. The summed E-state index contributed by atoms with van der Waals surface area (Å²) < 4.78 is 0.531. The summed E-state index contributed by atoms with van der Waals surface area (Å²) in [7, 11) is 0. The standard InChI is InChI=1S/C10H5BrClN3O3S/c11-7-3-5(12)1-2-6(7)9(16)14-10-13-4-8(19-10)15(17)18/h1-4H,(H,13,14,16). The second-order valence-electron chi connectivity index (χ2n) is 3.34. The first-order valence-electron chi connectivity index (χ1n) is 4.84. The van der Waals surface area contributed by atoms with E-state index in [0.29, 0.717) is 15.1 Å². The van der Waals surface area contributed by atoms with Gasteiger partial charge in [0.25, 0.3) is 5.91 Å². The van der Waals surface area contributed by atoms with Crippen LogP contribution < -0.4 is 5.32 Å². The number of amides is 1. The Morgan fingerprint density at radius 1 is 1.53 bits per heavy atom. The van der Waals surface area contributed by atoms with Crippen LogP contribution in [0.5, 0.6) is 0 Å². The van der Waals surface area contributed by atoms with Crippen molar-refractivity contribution in [2.75, 3.05) is 5.32 Å². The minimum absolute atomic E-state index is 0.134.